The summed E-state index contributed by atoms with van der Waals surface area (Å²) < 4.78 is 18.5. The van der Waals surface area contributed by atoms with Crippen LogP contribution in [0.4, 0.5) is 16.4 Å². The van der Waals surface area contributed by atoms with Crippen molar-refractivity contribution in [2.24, 2.45) is 5.92 Å². The van der Waals surface area contributed by atoms with Crippen LogP contribution in [0.15, 0.2) is 67.0 Å². The number of nitrogens with zero attached hydrogens (tertiary/aromatic N) is 7. The SMILES string of the molecule is CCCCOc1nc(N(Cc2ccc(OC)cc2)Cc2ccc(OC)cc2)c2ncc(C(O)c3cnc(N4CCC(CNC(=O)O)CC4)c(C)c3)n2n1. The maximum absolute atomic E-state index is 11.8. The second-order valence-electron chi connectivity index (χ2n) is 13.3. The lowest BCUT2D eigenvalue weighted by Crippen LogP contribution is -2.39. The van der Waals surface area contributed by atoms with E-state index in [9.17, 15) is 9.90 Å². The van der Waals surface area contributed by atoms with Gasteiger partial charge in [0.2, 0.25) is 0 Å². The van der Waals surface area contributed by atoms with Crippen LogP contribution in [0.5, 0.6) is 17.5 Å². The lowest BCUT2D eigenvalue weighted by molar-refractivity contribution is 0.191. The molecule has 1 saturated heterocycles. The molecule has 1 aliphatic rings. The zero-order valence-corrected chi connectivity index (χ0v) is 30.7. The fourth-order valence-electron chi connectivity index (χ4n) is 6.56. The summed E-state index contributed by atoms with van der Waals surface area (Å²) in [5, 5.41) is 28.0. The second kappa shape index (κ2) is 17.3. The highest BCUT2D eigenvalue weighted by atomic mass is 16.5. The number of benzene rings is 2. The molecule has 1 unspecified atom stereocenters. The number of aromatic nitrogens is 5. The van der Waals surface area contributed by atoms with Crippen molar-refractivity contribution in [1.82, 2.24) is 29.9 Å². The number of methoxy groups -OCH3 is 2. The van der Waals surface area contributed by atoms with Gasteiger partial charge in [0.15, 0.2) is 11.5 Å². The Balaban J connectivity index is 1.32. The number of aryl methyl sites for hydroxylation is 1. The number of amides is 1. The fourth-order valence-corrected chi connectivity index (χ4v) is 6.56. The molecule has 3 N–H and O–H groups in total. The summed E-state index contributed by atoms with van der Waals surface area (Å²) in [4.78, 5) is 29.7. The van der Waals surface area contributed by atoms with Crippen LogP contribution in [0.2, 0.25) is 0 Å². The number of pyridine rings is 1. The molecule has 1 atom stereocenters. The predicted octanol–water partition coefficient (Wildman–Crippen LogP) is 5.80. The highest BCUT2D eigenvalue weighted by Gasteiger charge is 2.26. The van der Waals surface area contributed by atoms with Crippen LogP contribution in [-0.2, 0) is 13.1 Å². The maximum Gasteiger partial charge on any atom is 0.404 e. The molecular formula is C39H48N8O6. The number of aliphatic hydroxyl groups is 1. The number of unbranched alkanes of at least 4 members (excludes halogenated alkanes) is 1. The number of hydrogen-bond donors (Lipinski definition) is 3. The normalized spacial score (nSPS) is 13.9. The highest BCUT2D eigenvalue weighted by Crippen LogP contribution is 2.32. The van der Waals surface area contributed by atoms with Crippen LogP contribution < -0.4 is 29.3 Å². The molecule has 2 aromatic carbocycles. The van der Waals surface area contributed by atoms with Crippen molar-refractivity contribution in [2.45, 2.75) is 58.7 Å². The van der Waals surface area contributed by atoms with E-state index < -0.39 is 12.2 Å². The molecular weight excluding hydrogens is 676 g/mol. The van der Waals surface area contributed by atoms with Gasteiger partial charge in [0.1, 0.15) is 23.4 Å². The van der Waals surface area contributed by atoms with Crippen molar-refractivity contribution in [2.75, 3.05) is 50.3 Å². The number of anilines is 2. The van der Waals surface area contributed by atoms with Gasteiger partial charge in [-0.1, -0.05) is 37.6 Å². The first-order chi connectivity index (χ1) is 25.8. The van der Waals surface area contributed by atoms with Crippen molar-refractivity contribution in [3.8, 4) is 17.5 Å². The number of imidazole rings is 1. The summed E-state index contributed by atoms with van der Waals surface area (Å²) >= 11 is 0. The number of ether oxygens (including phenoxy) is 3. The van der Waals surface area contributed by atoms with Gasteiger partial charge in [-0.15, -0.1) is 5.10 Å². The zero-order chi connectivity index (χ0) is 37.3. The van der Waals surface area contributed by atoms with E-state index in [2.05, 4.69) is 22.0 Å². The number of rotatable bonds is 16. The van der Waals surface area contributed by atoms with Gasteiger partial charge in [-0.3, -0.25) is 0 Å². The van der Waals surface area contributed by atoms with Crippen LogP contribution in [0.3, 0.4) is 0 Å². The van der Waals surface area contributed by atoms with Gasteiger partial charge < -0.3 is 39.5 Å². The molecule has 53 heavy (non-hydrogen) atoms. The Morgan fingerprint density at radius 2 is 1.62 bits per heavy atom. The molecule has 0 aliphatic carbocycles. The summed E-state index contributed by atoms with van der Waals surface area (Å²) in [5.74, 6) is 3.25. The molecule has 0 bridgehead atoms. The molecule has 1 amide bonds. The largest absolute Gasteiger partial charge is 0.497 e. The Morgan fingerprint density at radius 3 is 2.19 bits per heavy atom. The first-order valence-electron chi connectivity index (χ1n) is 18.0. The molecule has 1 aliphatic heterocycles. The quantitative estimate of drug-likeness (QED) is 0.105. The van der Waals surface area contributed by atoms with Crippen molar-refractivity contribution in [1.29, 1.82) is 0 Å². The van der Waals surface area contributed by atoms with E-state index in [4.69, 9.17) is 39.4 Å². The third-order valence-corrected chi connectivity index (χ3v) is 9.57. The summed E-state index contributed by atoms with van der Waals surface area (Å²) in [6, 6.07) is 18.0. The van der Waals surface area contributed by atoms with Crippen molar-refractivity contribution in [3.63, 3.8) is 0 Å². The number of aliphatic hydroxyl groups excluding tert-OH is 1. The summed E-state index contributed by atoms with van der Waals surface area (Å²) in [5.41, 5.74) is 4.55. The van der Waals surface area contributed by atoms with Gasteiger partial charge in [-0.05, 0) is 79.1 Å². The fraction of sp³-hybridized carbons (Fsp3) is 0.410. The molecule has 14 heteroatoms. The van der Waals surface area contributed by atoms with E-state index in [1.54, 1.807) is 31.1 Å². The minimum Gasteiger partial charge on any atom is -0.497 e. The summed E-state index contributed by atoms with van der Waals surface area (Å²) in [6.45, 7) is 7.54. The topological polar surface area (TPSA) is 160 Å². The highest BCUT2D eigenvalue weighted by molar-refractivity contribution is 5.66. The number of fused-ring (bicyclic) bond motifs is 1. The van der Waals surface area contributed by atoms with Gasteiger partial charge in [-0.25, -0.2) is 19.3 Å². The predicted molar refractivity (Wildman–Crippen MR) is 201 cm³/mol. The van der Waals surface area contributed by atoms with E-state index in [1.165, 1.54) is 0 Å². The van der Waals surface area contributed by atoms with Crippen LogP contribution in [0, 0.1) is 12.8 Å². The van der Waals surface area contributed by atoms with Gasteiger partial charge in [0.05, 0.1) is 32.7 Å². The maximum atomic E-state index is 11.8. The first kappa shape index (κ1) is 37.1. The lowest BCUT2D eigenvalue weighted by Gasteiger charge is -2.33. The Kier molecular flexibility index (Phi) is 12.1. The number of carbonyl (C=O) groups is 1. The average molecular weight is 725 g/mol. The minimum absolute atomic E-state index is 0.188. The van der Waals surface area contributed by atoms with Gasteiger partial charge in [0, 0.05) is 44.5 Å². The van der Waals surface area contributed by atoms with Crippen LogP contribution >= 0.6 is 0 Å². The van der Waals surface area contributed by atoms with Crippen LogP contribution in [0.25, 0.3) is 5.65 Å². The number of piperidine rings is 1. The number of nitrogens with one attached hydrogen (secondary N) is 1. The van der Waals surface area contributed by atoms with Gasteiger partial charge >= 0.3 is 12.1 Å². The third-order valence-electron chi connectivity index (χ3n) is 9.57. The molecule has 280 valence electrons. The second-order valence-corrected chi connectivity index (χ2v) is 13.3. The van der Waals surface area contributed by atoms with E-state index >= 15 is 0 Å². The average Bonchev–Trinajstić information content (AvgIpc) is 3.61. The molecule has 4 heterocycles. The van der Waals surface area contributed by atoms with Crippen molar-refractivity contribution >= 4 is 23.4 Å². The monoisotopic (exact) mass is 724 g/mol. The molecule has 0 radical (unpaired) electrons. The summed E-state index contributed by atoms with van der Waals surface area (Å²) in [7, 11) is 3.29. The molecule has 6 rings (SSSR count). The third kappa shape index (κ3) is 9.06. The smallest absolute Gasteiger partial charge is 0.404 e. The lowest BCUT2D eigenvalue weighted by atomic mass is 9.96. The Morgan fingerprint density at radius 1 is 0.981 bits per heavy atom. The van der Waals surface area contributed by atoms with Crippen molar-refractivity contribution < 1.29 is 29.2 Å². The van der Waals surface area contributed by atoms with E-state index in [0.717, 1.165) is 72.8 Å². The summed E-state index contributed by atoms with van der Waals surface area (Å²) in [6.07, 6.45) is 4.78. The minimum atomic E-state index is -1.08. The first-order valence-corrected chi connectivity index (χ1v) is 18.0. The standard InChI is InChI=1S/C39H48N8O6/c1-5-6-19-53-38-43-37(46(24-28-7-11-31(51-3)12-8-28)25-29-9-13-32(52-4)14-10-29)36-41-23-33(47(36)44-38)34(48)30-20-26(2)35(40-22-30)45-17-15-27(16-18-45)21-42-39(49)50/h7-14,20,22-23,27,34,42,48H,5-6,15-19,21,24-25H2,1-4H3,(H,49,50). The molecule has 0 saturated carbocycles. The van der Waals surface area contributed by atoms with E-state index in [1.807, 2.05) is 61.5 Å². The van der Waals surface area contributed by atoms with Crippen molar-refractivity contribution in [3.05, 3.63) is 94.9 Å². The molecule has 0 spiro atoms. The van der Waals surface area contributed by atoms with E-state index in [-0.39, 0.29) is 6.01 Å². The van der Waals surface area contributed by atoms with Crippen LogP contribution in [-0.4, -0.2) is 81.3 Å². The zero-order valence-electron chi connectivity index (χ0n) is 30.7. The van der Waals surface area contributed by atoms with Crippen LogP contribution in [0.1, 0.15) is 66.7 Å². The molecule has 14 nitrogen and oxygen atoms in total. The number of carboxylic acid groups (broad SMARTS) is 1. The van der Waals surface area contributed by atoms with Gasteiger partial charge in [-0.2, -0.15) is 4.98 Å². The Labute approximate surface area is 309 Å². The Hall–Kier alpha value is -5.63. The molecule has 3 aromatic heterocycles. The van der Waals surface area contributed by atoms with E-state index in [0.29, 0.717) is 54.9 Å². The number of hydrogen-bond acceptors (Lipinski definition) is 11. The van der Waals surface area contributed by atoms with Gasteiger partial charge in [0.25, 0.3) is 0 Å². The molecule has 5 aromatic rings. The molecule has 1 fully saturated rings. The Bertz CT molecular complexity index is 1910.